The van der Waals surface area contributed by atoms with Crippen LogP contribution in [-0.4, -0.2) is 39.9 Å². The van der Waals surface area contributed by atoms with Crippen molar-refractivity contribution in [1.82, 2.24) is 15.1 Å². The predicted molar refractivity (Wildman–Crippen MR) is 51.7 cm³/mol. The zero-order valence-electron chi connectivity index (χ0n) is 8.36. The number of aliphatic hydroxyl groups is 1. The molecule has 16 heavy (non-hydrogen) atoms. The number of hydrogen-bond acceptors (Lipinski definition) is 4. The van der Waals surface area contributed by atoms with E-state index < -0.39 is 25.0 Å². The predicted octanol–water partition coefficient (Wildman–Crippen LogP) is -0.791. The first-order chi connectivity index (χ1) is 7.43. The van der Waals surface area contributed by atoms with Gasteiger partial charge in [-0.25, -0.2) is 8.78 Å². The number of aromatic nitrogens is 2. The molecule has 0 aliphatic carbocycles. The van der Waals surface area contributed by atoms with Crippen LogP contribution in [0.2, 0.25) is 0 Å². The van der Waals surface area contributed by atoms with E-state index >= 15 is 0 Å². The molecule has 0 bridgehead atoms. The van der Waals surface area contributed by atoms with Crippen molar-refractivity contribution in [2.45, 2.75) is 12.5 Å². The summed E-state index contributed by atoms with van der Waals surface area (Å²) in [5, 5.41) is 14.0. The first-order valence-electron chi connectivity index (χ1n) is 4.46. The summed E-state index contributed by atoms with van der Waals surface area (Å²) in [7, 11) is 0. The molecular weight excluding hydrogens is 222 g/mol. The maximum atomic E-state index is 12.5. The number of nitrogens with one attached hydrogen (secondary N) is 1. The second-order valence-electron chi connectivity index (χ2n) is 3.26. The number of nitrogen functional groups attached to an aromatic ring is 1. The normalized spacial score (nSPS) is 11.4. The third-order valence-electron chi connectivity index (χ3n) is 1.73. The number of anilines is 1. The Hall–Kier alpha value is -1.70. The molecule has 0 aliphatic rings. The molecular formula is C8H12F2N4O2. The first-order valence-corrected chi connectivity index (χ1v) is 4.46. The molecule has 6 nitrogen and oxygen atoms in total. The van der Waals surface area contributed by atoms with E-state index in [1.807, 2.05) is 5.32 Å². The van der Waals surface area contributed by atoms with Crippen LogP contribution in [0.1, 0.15) is 0 Å². The zero-order chi connectivity index (χ0) is 12.2. The van der Waals surface area contributed by atoms with Gasteiger partial charge in [-0.2, -0.15) is 5.10 Å². The minimum absolute atomic E-state index is 0.196. The first kappa shape index (κ1) is 12.4. The Labute approximate surface area is 90.0 Å². The van der Waals surface area contributed by atoms with Crippen LogP contribution in [-0.2, 0) is 11.3 Å². The monoisotopic (exact) mass is 234 g/mol. The van der Waals surface area contributed by atoms with Crippen molar-refractivity contribution in [3.05, 3.63) is 12.4 Å². The number of hydrogen-bond donors (Lipinski definition) is 3. The van der Waals surface area contributed by atoms with E-state index in [4.69, 9.17) is 10.8 Å². The molecule has 1 aromatic rings. The van der Waals surface area contributed by atoms with E-state index in [-0.39, 0.29) is 6.54 Å². The maximum Gasteiger partial charge on any atom is 0.287 e. The summed E-state index contributed by atoms with van der Waals surface area (Å²) < 4.78 is 26.3. The van der Waals surface area contributed by atoms with Crippen LogP contribution in [0.3, 0.4) is 0 Å². The summed E-state index contributed by atoms with van der Waals surface area (Å²) in [5.41, 5.74) is 5.73. The number of carbonyl (C=O) groups excluding carboxylic acids is 1. The van der Waals surface area contributed by atoms with Gasteiger partial charge in [-0.15, -0.1) is 0 Å². The van der Waals surface area contributed by atoms with Gasteiger partial charge in [0.05, 0.1) is 18.4 Å². The average molecular weight is 234 g/mol. The van der Waals surface area contributed by atoms with E-state index in [0.29, 0.717) is 5.69 Å². The van der Waals surface area contributed by atoms with Gasteiger partial charge in [-0.1, -0.05) is 0 Å². The average Bonchev–Trinajstić information content (AvgIpc) is 2.61. The maximum absolute atomic E-state index is 12.5. The molecule has 0 spiro atoms. The highest BCUT2D eigenvalue weighted by atomic mass is 19.3. The lowest BCUT2D eigenvalue weighted by molar-refractivity contribution is -0.124. The number of carbonyl (C=O) groups is 1. The number of aliphatic hydroxyl groups excluding tert-OH is 1. The molecule has 0 aromatic carbocycles. The third kappa shape index (κ3) is 3.81. The van der Waals surface area contributed by atoms with Gasteiger partial charge in [0.1, 0.15) is 13.2 Å². The summed E-state index contributed by atoms with van der Waals surface area (Å²) in [6, 6.07) is 0. The molecule has 90 valence electrons. The Morgan fingerprint density at radius 1 is 1.69 bits per heavy atom. The molecule has 0 atom stereocenters. The summed E-state index contributed by atoms with van der Waals surface area (Å²) >= 11 is 0. The van der Waals surface area contributed by atoms with Gasteiger partial charge < -0.3 is 16.2 Å². The Balaban J connectivity index is 2.37. The Morgan fingerprint density at radius 2 is 2.38 bits per heavy atom. The van der Waals surface area contributed by atoms with Crippen LogP contribution in [0.15, 0.2) is 12.4 Å². The van der Waals surface area contributed by atoms with Crippen molar-refractivity contribution in [3.63, 3.8) is 0 Å². The lowest BCUT2D eigenvalue weighted by Gasteiger charge is -2.13. The van der Waals surface area contributed by atoms with Crippen LogP contribution in [0.4, 0.5) is 14.5 Å². The number of amides is 1. The van der Waals surface area contributed by atoms with Gasteiger partial charge >= 0.3 is 0 Å². The van der Waals surface area contributed by atoms with Crippen LogP contribution < -0.4 is 11.1 Å². The second-order valence-corrected chi connectivity index (χ2v) is 3.26. The van der Waals surface area contributed by atoms with Crippen LogP contribution >= 0.6 is 0 Å². The second kappa shape index (κ2) is 4.88. The Morgan fingerprint density at radius 3 is 2.88 bits per heavy atom. The van der Waals surface area contributed by atoms with E-state index in [0.717, 1.165) is 0 Å². The highest BCUT2D eigenvalue weighted by molar-refractivity contribution is 5.75. The van der Waals surface area contributed by atoms with E-state index in [9.17, 15) is 13.6 Å². The smallest absolute Gasteiger partial charge is 0.287 e. The van der Waals surface area contributed by atoms with Gasteiger partial charge in [0.2, 0.25) is 5.91 Å². The summed E-state index contributed by atoms with van der Waals surface area (Å²) in [6.45, 7) is -2.40. The van der Waals surface area contributed by atoms with E-state index in [1.165, 1.54) is 17.1 Å². The lowest BCUT2D eigenvalue weighted by Crippen LogP contribution is -2.40. The lowest BCUT2D eigenvalue weighted by atomic mass is 10.3. The van der Waals surface area contributed by atoms with Crippen molar-refractivity contribution in [2.75, 3.05) is 18.9 Å². The number of nitrogens with two attached hydrogens (primary N) is 1. The van der Waals surface area contributed by atoms with E-state index in [2.05, 4.69) is 5.10 Å². The standard InChI is InChI=1S/C8H12F2N4O2/c9-8(10,5-15)4-12-7(16)3-14-2-6(11)1-13-14/h1-2,15H,3-5,11H2,(H,12,16). The molecule has 0 saturated heterocycles. The quantitative estimate of drug-likeness (QED) is 0.622. The highest BCUT2D eigenvalue weighted by Crippen LogP contribution is 2.09. The van der Waals surface area contributed by atoms with Crippen molar-refractivity contribution in [3.8, 4) is 0 Å². The number of nitrogens with zero attached hydrogens (tertiary/aromatic N) is 2. The Bertz CT molecular complexity index is 367. The van der Waals surface area contributed by atoms with Crippen molar-refractivity contribution < 1.29 is 18.7 Å². The van der Waals surface area contributed by atoms with Gasteiger partial charge in [0.15, 0.2) is 0 Å². The summed E-state index contributed by atoms with van der Waals surface area (Å²) in [5.74, 6) is -3.94. The SMILES string of the molecule is Nc1cnn(CC(=O)NCC(F)(F)CO)c1. The van der Waals surface area contributed by atoms with Gasteiger partial charge in [0, 0.05) is 6.20 Å². The minimum Gasteiger partial charge on any atom is -0.396 e. The fourth-order valence-electron chi connectivity index (χ4n) is 0.953. The molecule has 0 fully saturated rings. The van der Waals surface area contributed by atoms with Gasteiger partial charge in [0.25, 0.3) is 5.92 Å². The summed E-state index contributed by atoms with van der Waals surface area (Å²) in [6.07, 6.45) is 2.75. The molecule has 0 saturated carbocycles. The van der Waals surface area contributed by atoms with Gasteiger partial charge in [-0.3, -0.25) is 9.48 Å². The molecule has 0 radical (unpaired) electrons. The Kier molecular flexibility index (Phi) is 3.78. The molecule has 8 heteroatoms. The molecule has 1 amide bonds. The largest absolute Gasteiger partial charge is 0.396 e. The molecule has 4 N–H and O–H groups in total. The molecule has 0 aliphatic heterocycles. The highest BCUT2D eigenvalue weighted by Gasteiger charge is 2.28. The topological polar surface area (TPSA) is 93.2 Å². The number of rotatable bonds is 5. The summed E-state index contributed by atoms with van der Waals surface area (Å²) in [4.78, 5) is 11.2. The zero-order valence-corrected chi connectivity index (χ0v) is 8.36. The molecule has 1 heterocycles. The van der Waals surface area contributed by atoms with Crippen LogP contribution in [0.25, 0.3) is 0 Å². The molecule has 1 rings (SSSR count). The third-order valence-corrected chi connectivity index (χ3v) is 1.73. The molecule has 1 aromatic heterocycles. The minimum atomic E-state index is -3.31. The van der Waals surface area contributed by atoms with Crippen LogP contribution in [0, 0.1) is 0 Å². The molecule has 0 unspecified atom stereocenters. The van der Waals surface area contributed by atoms with Crippen molar-refractivity contribution in [2.24, 2.45) is 0 Å². The fraction of sp³-hybridized carbons (Fsp3) is 0.500. The van der Waals surface area contributed by atoms with Crippen molar-refractivity contribution >= 4 is 11.6 Å². The van der Waals surface area contributed by atoms with Crippen molar-refractivity contribution in [1.29, 1.82) is 0 Å². The van der Waals surface area contributed by atoms with E-state index in [1.54, 1.807) is 0 Å². The van der Waals surface area contributed by atoms with Gasteiger partial charge in [-0.05, 0) is 0 Å². The number of alkyl halides is 2. The fourth-order valence-corrected chi connectivity index (χ4v) is 0.953. The van der Waals surface area contributed by atoms with Crippen LogP contribution in [0.5, 0.6) is 0 Å². The number of halogens is 2.